The highest BCUT2D eigenvalue weighted by Crippen LogP contribution is 2.25. The number of rotatable bonds is 4. The number of carbonyl (C=O) groups excluding carboxylic acids is 1. The van der Waals surface area contributed by atoms with E-state index in [0.29, 0.717) is 12.1 Å². The van der Waals surface area contributed by atoms with Gasteiger partial charge >= 0.3 is 0 Å². The van der Waals surface area contributed by atoms with Crippen molar-refractivity contribution in [2.75, 3.05) is 0 Å². The average molecular weight is 396 g/mol. The monoisotopic (exact) mass is 396 g/mol. The van der Waals surface area contributed by atoms with Gasteiger partial charge in [0.25, 0.3) is 5.91 Å². The predicted octanol–water partition coefficient (Wildman–Crippen LogP) is 4.84. The van der Waals surface area contributed by atoms with E-state index in [1.165, 1.54) is 0 Å². The van der Waals surface area contributed by atoms with Crippen molar-refractivity contribution in [1.82, 2.24) is 20.3 Å². The highest BCUT2D eigenvalue weighted by Gasteiger charge is 2.14. The van der Waals surface area contributed by atoms with E-state index in [-0.39, 0.29) is 5.91 Å². The maximum absolute atomic E-state index is 13.1. The molecular formula is C23H16N4OS. The molecule has 0 bridgehead atoms. The van der Waals surface area contributed by atoms with Gasteiger partial charge in [0.05, 0.1) is 33.5 Å². The van der Waals surface area contributed by atoms with Gasteiger partial charge in [-0.15, -0.1) is 11.3 Å². The lowest BCUT2D eigenvalue weighted by atomic mass is 10.0. The summed E-state index contributed by atoms with van der Waals surface area (Å²) in [5.74, 6) is -0.145. The smallest absolute Gasteiger partial charge is 0.252 e. The van der Waals surface area contributed by atoms with Gasteiger partial charge in [0, 0.05) is 23.3 Å². The van der Waals surface area contributed by atoms with Crippen LogP contribution in [0.2, 0.25) is 0 Å². The number of amides is 1. The van der Waals surface area contributed by atoms with Crippen molar-refractivity contribution < 1.29 is 4.79 Å². The number of carbonyl (C=O) groups is 1. The van der Waals surface area contributed by atoms with E-state index in [9.17, 15) is 4.79 Å². The fraction of sp³-hybridized carbons (Fsp3) is 0.0435. The van der Waals surface area contributed by atoms with Crippen molar-refractivity contribution >= 4 is 38.4 Å². The maximum atomic E-state index is 13.1. The van der Waals surface area contributed by atoms with Crippen molar-refractivity contribution in [3.63, 3.8) is 0 Å². The molecule has 0 saturated carbocycles. The van der Waals surface area contributed by atoms with Crippen LogP contribution >= 0.6 is 11.3 Å². The second-order valence-electron chi connectivity index (χ2n) is 6.57. The first-order valence-electron chi connectivity index (χ1n) is 9.21. The Bertz CT molecular complexity index is 1300. The quantitative estimate of drug-likeness (QED) is 0.472. The van der Waals surface area contributed by atoms with Crippen LogP contribution in [-0.4, -0.2) is 20.9 Å². The number of benzene rings is 2. The molecule has 6 heteroatoms. The third kappa shape index (κ3) is 3.46. The molecule has 0 saturated heterocycles. The summed E-state index contributed by atoms with van der Waals surface area (Å²) in [5, 5.41) is 4.71. The Hall–Kier alpha value is -3.64. The first-order chi connectivity index (χ1) is 14.3. The van der Waals surface area contributed by atoms with Crippen LogP contribution in [-0.2, 0) is 6.54 Å². The number of hydrogen-bond acceptors (Lipinski definition) is 5. The Kier molecular flexibility index (Phi) is 4.46. The number of thiazole rings is 1. The van der Waals surface area contributed by atoms with E-state index in [1.807, 2.05) is 66.7 Å². The van der Waals surface area contributed by atoms with Crippen molar-refractivity contribution in [2.24, 2.45) is 0 Å². The molecule has 3 heterocycles. The zero-order valence-electron chi connectivity index (χ0n) is 15.4. The van der Waals surface area contributed by atoms with Gasteiger partial charge < -0.3 is 5.32 Å². The molecule has 0 spiro atoms. The molecule has 2 aromatic carbocycles. The highest BCUT2D eigenvalue weighted by atomic mass is 32.1. The van der Waals surface area contributed by atoms with Gasteiger partial charge in [-0.3, -0.25) is 9.78 Å². The zero-order valence-corrected chi connectivity index (χ0v) is 16.2. The predicted molar refractivity (Wildman–Crippen MR) is 116 cm³/mol. The molecular weight excluding hydrogens is 380 g/mol. The lowest BCUT2D eigenvalue weighted by Gasteiger charge is -2.10. The molecule has 0 aliphatic rings. The second kappa shape index (κ2) is 7.41. The number of nitrogens with zero attached hydrogens (tertiary/aromatic N) is 3. The molecule has 5 nitrogen and oxygen atoms in total. The number of pyridine rings is 2. The molecule has 0 aliphatic heterocycles. The van der Waals surface area contributed by atoms with E-state index in [1.54, 1.807) is 23.7 Å². The van der Waals surface area contributed by atoms with Crippen molar-refractivity contribution in [3.05, 3.63) is 89.7 Å². The Balaban J connectivity index is 1.48. The molecule has 29 heavy (non-hydrogen) atoms. The molecule has 5 aromatic rings. The molecule has 5 rings (SSSR count). The number of para-hydroxylation sites is 2. The Labute approximate surface area is 171 Å². The molecule has 0 fully saturated rings. The number of hydrogen-bond donors (Lipinski definition) is 1. The first-order valence-corrected chi connectivity index (χ1v) is 10.0. The Morgan fingerprint density at radius 2 is 1.76 bits per heavy atom. The van der Waals surface area contributed by atoms with Crippen molar-refractivity contribution in [2.45, 2.75) is 6.54 Å². The molecule has 0 atom stereocenters. The summed E-state index contributed by atoms with van der Waals surface area (Å²) in [6.07, 6.45) is 3.47. The van der Waals surface area contributed by atoms with Crippen LogP contribution in [0.1, 0.15) is 15.4 Å². The first kappa shape index (κ1) is 17.5. The van der Waals surface area contributed by atoms with Gasteiger partial charge in [0.2, 0.25) is 0 Å². The molecule has 0 unspecified atom stereocenters. The van der Waals surface area contributed by atoms with E-state index in [0.717, 1.165) is 37.4 Å². The Morgan fingerprint density at radius 1 is 0.931 bits per heavy atom. The van der Waals surface area contributed by atoms with Crippen LogP contribution in [0.4, 0.5) is 0 Å². The normalized spacial score (nSPS) is 11.0. The minimum atomic E-state index is -0.145. The minimum Gasteiger partial charge on any atom is -0.346 e. The van der Waals surface area contributed by atoms with Gasteiger partial charge in [-0.1, -0.05) is 30.3 Å². The number of aromatic nitrogens is 3. The summed E-state index contributed by atoms with van der Waals surface area (Å²) in [5.41, 5.74) is 3.92. The summed E-state index contributed by atoms with van der Waals surface area (Å²) in [6.45, 7) is 0.386. The summed E-state index contributed by atoms with van der Waals surface area (Å²) >= 11 is 1.59. The van der Waals surface area contributed by atoms with Crippen molar-refractivity contribution in [1.29, 1.82) is 0 Å². The standard InChI is InChI=1S/C23H16N4OS/c28-23(25-14-22-27-19-9-3-4-10-21(19)29-22)17-12-20(15-6-5-11-24-13-15)26-18-8-2-1-7-16(17)18/h1-13H,14H2,(H,25,28). The minimum absolute atomic E-state index is 0.145. The van der Waals surface area contributed by atoms with Crippen LogP contribution in [0.15, 0.2) is 79.1 Å². The van der Waals surface area contributed by atoms with Gasteiger partial charge in [-0.25, -0.2) is 9.97 Å². The lowest BCUT2D eigenvalue weighted by molar-refractivity contribution is 0.0952. The van der Waals surface area contributed by atoms with E-state index < -0.39 is 0 Å². The molecule has 0 radical (unpaired) electrons. The van der Waals surface area contributed by atoms with Gasteiger partial charge in [-0.2, -0.15) is 0 Å². The average Bonchev–Trinajstić information content (AvgIpc) is 3.20. The van der Waals surface area contributed by atoms with Gasteiger partial charge in [-0.05, 0) is 36.4 Å². The maximum Gasteiger partial charge on any atom is 0.252 e. The highest BCUT2D eigenvalue weighted by molar-refractivity contribution is 7.18. The summed E-state index contributed by atoms with van der Waals surface area (Å²) in [6, 6.07) is 21.3. The summed E-state index contributed by atoms with van der Waals surface area (Å²) in [4.78, 5) is 26.5. The number of nitrogens with one attached hydrogen (secondary N) is 1. The zero-order chi connectivity index (χ0) is 19.6. The van der Waals surface area contributed by atoms with Gasteiger partial charge in [0.1, 0.15) is 5.01 Å². The lowest BCUT2D eigenvalue weighted by Crippen LogP contribution is -2.23. The third-order valence-electron chi connectivity index (χ3n) is 4.66. The second-order valence-corrected chi connectivity index (χ2v) is 7.69. The third-order valence-corrected chi connectivity index (χ3v) is 5.69. The molecule has 3 aromatic heterocycles. The fourth-order valence-corrected chi connectivity index (χ4v) is 4.18. The molecule has 0 aliphatic carbocycles. The SMILES string of the molecule is O=C(NCc1nc2ccccc2s1)c1cc(-c2cccnc2)nc2ccccc12. The summed E-state index contributed by atoms with van der Waals surface area (Å²) < 4.78 is 1.12. The molecule has 1 amide bonds. The fourth-order valence-electron chi connectivity index (χ4n) is 3.27. The topological polar surface area (TPSA) is 67.8 Å². The molecule has 140 valence electrons. The van der Waals surface area contributed by atoms with Crippen LogP contribution in [0.3, 0.4) is 0 Å². The van der Waals surface area contributed by atoms with Crippen molar-refractivity contribution in [3.8, 4) is 11.3 Å². The number of fused-ring (bicyclic) bond motifs is 2. The van der Waals surface area contributed by atoms with E-state index in [2.05, 4.69) is 15.3 Å². The van der Waals surface area contributed by atoms with Crippen LogP contribution in [0.5, 0.6) is 0 Å². The van der Waals surface area contributed by atoms with E-state index >= 15 is 0 Å². The largest absolute Gasteiger partial charge is 0.346 e. The Morgan fingerprint density at radius 3 is 2.59 bits per heavy atom. The van der Waals surface area contributed by atoms with Crippen LogP contribution in [0.25, 0.3) is 32.4 Å². The van der Waals surface area contributed by atoms with Crippen LogP contribution in [0, 0.1) is 0 Å². The van der Waals surface area contributed by atoms with E-state index in [4.69, 9.17) is 4.98 Å². The van der Waals surface area contributed by atoms with Gasteiger partial charge in [0.15, 0.2) is 0 Å². The molecule has 1 N–H and O–H groups in total. The summed E-state index contributed by atoms with van der Waals surface area (Å²) in [7, 11) is 0. The van der Waals surface area contributed by atoms with Crippen LogP contribution < -0.4 is 5.32 Å².